The molecule has 0 atom stereocenters. The number of nitrogens with one attached hydrogen (secondary N) is 1. The second kappa shape index (κ2) is 11.0. The Morgan fingerprint density at radius 3 is 2.65 bits per heavy atom. The van der Waals surface area contributed by atoms with Crippen LogP contribution in [0.4, 0.5) is 5.95 Å². The number of thiophene rings is 1. The van der Waals surface area contributed by atoms with Gasteiger partial charge in [-0.25, -0.2) is 9.97 Å². The Kier molecular flexibility index (Phi) is 8.57. The molecular weight excluding hydrogens is 572 g/mol. The summed E-state index contributed by atoms with van der Waals surface area (Å²) < 4.78 is 6.44. The van der Waals surface area contributed by atoms with Crippen molar-refractivity contribution >= 4 is 79.2 Å². The van der Waals surface area contributed by atoms with Gasteiger partial charge >= 0.3 is 0 Å². The van der Waals surface area contributed by atoms with Crippen LogP contribution in [0.2, 0.25) is 10.0 Å². The molecule has 0 saturated carbocycles. The summed E-state index contributed by atoms with van der Waals surface area (Å²) in [5.41, 5.74) is 7.09. The highest BCUT2D eigenvalue weighted by atomic mass is 127. The fourth-order valence-electron chi connectivity index (χ4n) is 3.05. The molecule has 3 aromatic rings. The first-order valence-electron chi connectivity index (χ1n) is 9.63. The molecule has 0 unspecified atom stereocenters. The van der Waals surface area contributed by atoms with Gasteiger partial charge in [0.25, 0.3) is 5.91 Å². The van der Waals surface area contributed by atoms with Crippen LogP contribution in [-0.4, -0.2) is 51.6 Å². The lowest BCUT2D eigenvalue weighted by Gasteiger charge is -2.19. The number of amides is 1. The van der Waals surface area contributed by atoms with E-state index >= 15 is 0 Å². The largest absolute Gasteiger partial charge is 0.491 e. The predicted molar refractivity (Wildman–Crippen MR) is 137 cm³/mol. The second-order valence-corrected chi connectivity index (χ2v) is 9.15. The molecule has 3 N–H and O–H groups in total. The third-order valence-corrected chi connectivity index (χ3v) is 6.71. The van der Waals surface area contributed by atoms with E-state index in [9.17, 15) is 4.79 Å². The maximum atomic E-state index is 12.3. The van der Waals surface area contributed by atoms with Crippen LogP contribution in [0.3, 0.4) is 0 Å². The van der Waals surface area contributed by atoms with Gasteiger partial charge in [0.1, 0.15) is 17.2 Å². The van der Waals surface area contributed by atoms with Crippen molar-refractivity contribution in [3.8, 4) is 17.0 Å². The lowest BCUT2D eigenvalue weighted by Crippen LogP contribution is -2.27. The minimum absolute atomic E-state index is 0.0974. The Bertz CT molecular complexity index is 1090. The van der Waals surface area contributed by atoms with Crippen LogP contribution < -0.4 is 15.8 Å². The van der Waals surface area contributed by atoms with Crippen molar-refractivity contribution in [3.05, 3.63) is 33.1 Å². The highest BCUT2D eigenvalue weighted by Gasteiger charge is 2.19. The van der Waals surface area contributed by atoms with Crippen LogP contribution in [0.15, 0.2) is 18.2 Å². The topological polar surface area (TPSA) is 93.4 Å². The van der Waals surface area contributed by atoms with E-state index < -0.39 is 0 Å². The lowest BCUT2D eigenvalue weighted by molar-refractivity contribution is 0.0966. The van der Waals surface area contributed by atoms with Gasteiger partial charge in [-0.05, 0) is 31.3 Å². The van der Waals surface area contributed by atoms with Crippen molar-refractivity contribution in [2.24, 2.45) is 0 Å². The number of halogens is 3. The number of rotatable bonds is 9. The van der Waals surface area contributed by atoms with Gasteiger partial charge in [0.15, 0.2) is 0 Å². The van der Waals surface area contributed by atoms with Gasteiger partial charge < -0.3 is 20.7 Å². The molecule has 0 aliphatic carbocycles. The van der Waals surface area contributed by atoms with Gasteiger partial charge in [0.2, 0.25) is 5.95 Å². The maximum Gasteiger partial charge on any atom is 0.262 e. The summed E-state index contributed by atoms with van der Waals surface area (Å²) in [4.78, 5) is 24.4. The first kappa shape index (κ1) is 24.2. The number of nitrogens with two attached hydrogens (primary N) is 1. The number of carbonyl (C=O) groups is 1. The number of alkyl halides is 1. The van der Waals surface area contributed by atoms with Crippen molar-refractivity contribution in [3.63, 3.8) is 0 Å². The molecular formula is C20H22Cl2IN5O2S. The summed E-state index contributed by atoms with van der Waals surface area (Å²) >= 11 is 16.2. The fraction of sp³-hybridized carbons (Fsp3) is 0.350. The zero-order chi connectivity index (χ0) is 22.5. The van der Waals surface area contributed by atoms with Crippen molar-refractivity contribution in [1.82, 2.24) is 20.2 Å². The molecule has 3 rings (SSSR count). The number of ether oxygens (including phenoxy) is 1. The molecule has 2 aromatic heterocycles. The average Bonchev–Trinajstić information content (AvgIpc) is 3.16. The van der Waals surface area contributed by atoms with E-state index in [1.54, 1.807) is 18.2 Å². The average molecular weight is 594 g/mol. The van der Waals surface area contributed by atoms with E-state index in [0.717, 1.165) is 19.6 Å². The number of fused-ring (bicyclic) bond motifs is 1. The first-order valence-corrected chi connectivity index (χ1v) is 12.7. The molecule has 0 aliphatic rings. The van der Waals surface area contributed by atoms with Gasteiger partial charge in [-0.2, -0.15) is 0 Å². The van der Waals surface area contributed by atoms with E-state index in [-0.39, 0.29) is 11.9 Å². The number of anilines is 1. The molecule has 1 amide bonds. The van der Waals surface area contributed by atoms with Crippen LogP contribution in [0.25, 0.3) is 21.5 Å². The summed E-state index contributed by atoms with van der Waals surface area (Å²) in [7, 11) is 0. The zero-order valence-electron chi connectivity index (χ0n) is 17.0. The minimum atomic E-state index is -0.176. The van der Waals surface area contributed by atoms with Crippen LogP contribution in [0.1, 0.15) is 23.5 Å². The standard InChI is InChI=1S/C20H22Cl2IN5O2S/c1-3-28(4-2)5-6-30-15-7-11(13(21)9-14(15)22)17-12-8-16(18(29)25-10-23)31-19(12)27-20(24)26-17/h7-9H,3-6,10H2,1-2H3,(H,25,29)(H2,24,26,27). The molecule has 2 heterocycles. The van der Waals surface area contributed by atoms with Crippen molar-refractivity contribution in [2.45, 2.75) is 13.8 Å². The van der Waals surface area contributed by atoms with Gasteiger partial charge in [0.05, 0.1) is 25.2 Å². The Morgan fingerprint density at radius 1 is 1.23 bits per heavy atom. The van der Waals surface area contributed by atoms with E-state index in [1.807, 2.05) is 0 Å². The second-order valence-electron chi connectivity index (χ2n) is 6.54. The summed E-state index contributed by atoms with van der Waals surface area (Å²) in [5.74, 6) is 0.432. The Labute approximate surface area is 208 Å². The van der Waals surface area contributed by atoms with E-state index in [2.05, 4.69) is 56.6 Å². The maximum absolute atomic E-state index is 12.3. The van der Waals surface area contributed by atoms with Gasteiger partial charge in [-0.15, -0.1) is 11.3 Å². The number of hydrogen-bond acceptors (Lipinski definition) is 7. The fourth-order valence-corrected chi connectivity index (χ4v) is 4.88. The van der Waals surface area contributed by atoms with Crippen molar-refractivity contribution < 1.29 is 9.53 Å². The molecule has 0 fully saturated rings. The Hall–Kier alpha value is -1.40. The summed E-state index contributed by atoms with van der Waals surface area (Å²) in [6.45, 7) is 7.38. The van der Waals surface area contributed by atoms with Gasteiger partial charge in [-0.1, -0.05) is 59.6 Å². The van der Waals surface area contributed by atoms with Gasteiger partial charge in [-0.3, -0.25) is 4.79 Å². The number of hydrogen-bond donors (Lipinski definition) is 2. The Morgan fingerprint density at radius 2 is 1.97 bits per heavy atom. The molecule has 11 heteroatoms. The van der Waals surface area contributed by atoms with Crippen LogP contribution in [0, 0.1) is 0 Å². The smallest absolute Gasteiger partial charge is 0.262 e. The molecule has 166 valence electrons. The first-order chi connectivity index (χ1) is 14.9. The van der Waals surface area contributed by atoms with E-state index in [4.69, 9.17) is 33.7 Å². The molecule has 7 nitrogen and oxygen atoms in total. The van der Waals surface area contributed by atoms with Gasteiger partial charge in [0, 0.05) is 17.5 Å². The highest BCUT2D eigenvalue weighted by molar-refractivity contribution is 14.1. The monoisotopic (exact) mass is 593 g/mol. The van der Waals surface area contributed by atoms with Crippen LogP contribution in [-0.2, 0) is 0 Å². The summed E-state index contributed by atoms with van der Waals surface area (Å²) in [6.07, 6.45) is 0. The van der Waals surface area contributed by atoms with E-state index in [0.29, 0.717) is 53.3 Å². The third-order valence-electron chi connectivity index (χ3n) is 4.70. The van der Waals surface area contributed by atoms with E-state index in [1.165, 1.54) is 11.3 Å². The number of nitrogens with zero attached hydrogens (tertiary/aromatic N) is 3. The molecule has 0 aliphatic heterocycles. The van der Waals surface area contributed by atoms with Crippen molar-refractivity contribution in [2.75, 3.05) is 36.5 Å². The molecule has 1 aromatic carbocycles. The van der Waals surface area contributed by atoms with Crippen LogP contribution >= 0.6 is 57.1 Å². The highest BCUT2D eigenvalue weighted by Crippen LogP contribution is 2.40. The summed E-state index contributed by atoms with van der Waals surface area (Å²) in [6, 6.07) is 5.14. The predicted octanol–water partition coefficient (Wildman–Crippen LogP) is 5.09. The summed E-state index contributed by atoms with van der Waals surface area (Å²) in [5, 5.41) is 4.29. The molecule has 0 bridgehead atoms. The lowest BCUT2D eigenvalue weighted by atomic mass is 10.1. The minimum Gasteiger partial charge on any atom is -0.491 e. The SMILES string of the molecule is CCN(CC)CCOc1cc(-c2nc(N)nc3sc(C(=O)NCI)cc23)c(Cl)cc1Cl. The van der Waals surface area contributed by atoms with Crippen molar-refractivity contribution in [1.29, 1.82) is 0 Å². The molecule has 31 heavy (non-hydrogen) atoms. The number of nitrogen functional groups attached to an aromatic ring is 1. The number of carbonyl (C=O) groups excluding carboxylic acids is 1. The molecule has 0 radical (unpaired) electrons. The number of benzene rings is 1. The molecule has 0 spiro atoms. The quantitative estimate of drug-likeness (QED) is 0.204. The van der Waals surface area contributed by atoms with Crippen LogP contribution in [0.5, 0.6) is 5.75 Å². The zero-order valence-corrected chi connectivity index (χ0v) is 21.5. The number of likely N-dealkylation sites (N-methyl/N-ethyl adjacent to an activating group) is 1. The normalized spacial score (nSPS) is 11.3. The third kappa shape index (κ3) is 5.70. The number of aromatic nitrogens is 2. The molecule has 0 saturated heterocycles. The Balaban J connectivity index is 2.00.